The van der Waals surface area contributed by atoms with Gasteiger partial charge in [-0.05, 0) is 39.3 Å². The van der Waals surface area contributed by atoms with Crippen LogP contribution in [0.3, 0.4) is 0 Å². The molecule has 124 valence electrons. The van der Waals surface area contributed by atoms with Gasteiger partial charge in [-0.1, -0.05) is 0 Å². The van der Waals surface area contributed by atoms with Crippen molar-refractivity contribution in [2.75, 3.05) is 5.73 Å². The number of anilines is 1. The van der Waals surface area contributed by atoms with Gasteiger partial charge in [0.05, 0.1) is 27.5 Å². The molecule has 1 amide bonds. The number of nitrogen functional groups attached to an aromatic ring is 1. The number of hydrogen-bond donors (Lipinski definition) is 2. The monoisotopic (exact) mass is 359 g/mol. The second-order valence-electron chi connectivity index (χ2n) is 5.51. The predicted molar refractivity (Wildman–Crippen MR) is 100 cm³/mol. The molecule has 0 aliphatic heterocycles. The molecule has 3 rings (SSSR count). The summed E-state index contributed by atoms with van der Waals surface area (Å²) in [6.45, 7) is 7.64. The molecule has 3 N–H and O–H groups in total. The Hall–Kier alpha value is -2.32. The van der Waals surface area contributed by atoms with Crippen molar-refractivity contribution in [1.29, 1.82) is 0 Å². The fourth-order valence-corrected chi connectivity index (χ4v) is 4.39. The molecule has 3 heterocycles. The minimum Gasteiger partial charge on any atom is -0.397 e. The molecule has 0 bridgehead atoms. The maximum Gasteiger partial charge on any atom is 0.283 e. The molecule has 0 radical (unpaired) electrons. The summed E-state index contributed by atoms with van der Waals surface area (Å²) in [5, 5.41) is 5.02. The quantitative estimate of drug-likeness (QED) is 0.553. The van der Waals surface area contributed by atoms with Crippen molar-refractivity contribution in [3.63, 3.8) is 0 Å². The lowest BCUT2D eigenvalue weighted by molar-refractivity contribution is 0.0959. The summed E-state index contributed by atoms with van der Waals surface area (Å²) in [6.07, 6.45) is 0. The first-order valence-corrected chi connectivity index (χ1v) is 8.99. The number of thiazole rings is 1. The standard InChI is InChI=1S/C16H17N5OS2/c1-7-5-8(2)19-16-11(7)12(17)14(24-16)15(22)21-20-10(4)13-9(3)18-6-23-13/h5-6H,17H2,1-4H3,(H,21,22)/b20-10+. The van der Waals surface area contributed by atoms with E-state index in [-0.39, 0.29) is 5.91 Å². The Labute approximate surface area is 147 Å². The number of carbonyl (C=O) groups is 1. The van der Waals surface area contributed by atoms with Crippen molar-refractivity contribution in [1.82, 2.24) is 15.4 Å². The second-order valence-corrected chi connectivity index (χ2v) is 7.36. The van der Waals surface area contributed by atoms with E-state index >= 15 is 0 Å². The molecule has 0 saturated carbocycles. The fraction of sp³-hybridized carbons (Fsp3) is 0.250. The topological polar surface area (TPSA) is 93.3 Å². The number of fused-ring (bicyclic) bond motifs is 1. The summed E-state index contributed by atoms with van der Waals surface area (Å²) in [5.41, 5.74) is 14.5. The SMILES string of the molecule is C/C(=N\NC(=O)c1sc2nc(C)cc(C)c2c1N)c1scnc1C. The smallest absolute Gasteiger partial charge is 0.283 e. The summed E-state index contributed by atoms with van der Waals surface area (Å²) >= 11 is 2.78. The number of pyridine rings is 1. The summed E-state index contributed by atoms with van der Waals surface area (Å²) in [6, 6.07) is 1.96. The third kappa shape index (κ3) is 2.90. The Morgan fingerprint density at radius 2 is 2.04 bits per heavy atom. The number of thiophene rings is 1. The number of hydrogen-bond acceptors (Lipinski definition) is 7. The Balaban J connectivity index is 1.91. The number of aromatic nitrogens is 2. The first kappa shape index (κ1) is 16.5. The van der Waals surface area contributed by atoms with Gasteiger partial charge in [0.25, 0.3) is 5.91 Å². The third-order valence-electron chi connectivity index (χ3n) is 3.63. The Morgan fingerprint density at radius 1 is 1.29 bits per heavy atom. The molecule has 0 spiro atoms. The van der Waals surface area contributed by atoms with Gasteiger partial charge in [0.1, 0.15) is 9.71 Å². The molecule has 0 aromatic carbocycles. The zero-order valence-electron chi connectivity index (χ0n) is 13.8. The van der Waals surface area contributed by atoms with Crippen molar-refractivity contribution in [3.8, 4) is 0 Å². The van der Waals surface area contributed by atoms with Gasteiger partial charge in [-0.15, -0.1) is 22.7 Å². The number of amides is 1. The number of nitrogens with zero attached hydrogens (tertiary/aromatic N) is 3. The van der Waals surface area contributed by atoms with Crippen molar-refractivity contribution in [2.45, 2.75) is 27.7 Å². The molecule has 0 aliphatic carbocycles. The van der Waals surface area contributed by atoms with Crippen LogP contribution in [0.1, 0.15) is 38.4 Å². The second kappa shape index (κ2) is 6.29. The maximum absolute atomic E-state index is 12.5. The van der Waals surface area contributed by atoms with E-state index in [9.17, 15) is 4.79 Å². The van der Waals surface area contributed by atoms with Crippen LogP contribution in [0, 0.1) is 20.8 Å². The van der Waals surface area contributed by atoms with Crippen molar-refractivity contribution in [2.24, 2.45) is 5.10 Å². The minimum atomic E-state index is -0.325. The highest BCUT2D eigenvalue weighted by Gasteiger charge is 2.19. The number of aryl methyl sites for hydroxylation is 3. The van der Waals surface area contributed by atoms with E-state index in [0.717, 1.165) is 32.0 Å². The summed E-state index contributed by atoms with van der Waals surface area (Å²) < 4.78 is 0. The van der Waals surface area contributed by atoms with Gasteiger partial charge >= 0.3 is 0 Å². The van der Waals surface area contributed by atoms with E-state index in [1.807, 2.05) is 33.8 Å². The fourth-order valence-electron chi connectivity index (χ4n) is 2.52. The predicted octanol–water partition coefficient (Wildman–Crippen LogP) is 3.41. The van der Waals surface area contributed by atoms with Crippen LogP contribution in [-0.2, 0) is 0 Å². The molecule has 0 atom stereocenters. The van der Waals surface area contributed by atoms with Gasteiger partial charge in [0.15, 0.2) is 0 Å². The Morgan fingerprint density at radius 3 is 2.71 bits per heavy atom. The Kier molecular flexibility index (Phi) is 4.33. The first-order chi connectivity index (χ1) is 11.4. The first-order valence-electron chi connectivity index (χ1n) is 7.29. The summed E-state index contributed by atoms with van der Waals surface area (Å²) in [7, 11) is 0. The largest absolute Gasteiger partial charge is 0.397 e. The highest BCUT2D eigenvalue weighted by Crippen LogP contribution is 2.34. The van der Waals surface area contributed by atoms with Crippen LogP contribution in [0.2, 0.25) is 0 Å². The molecule has 0 fully saturated rings. The molecule has 0 saturated heterocycles. The van der Waals surface area contributed by atoms with Gasteiger partial charge in [-0.25, -0.2) is 15.4 Å². The highest BCUT2D eigenvalue weighted by atomic mass is 32.1. The van der Waals surface area contributed by atoms with E-state index in [0.29, 0.717) is 16.3 Å². The molecule has 3 aromatic heterocycles. The normalized spacial score (nSPS) is 11.9. The number of nitrogens with two attached hydrogens (primary N) is 1. The molecule has 6 nitrogen and oxygen atoms in total. The van der Waals surface area contributed by atoms with Crippen molar-refractivity contribution >= 4 is 50.2 Å². The van der Waals surface area contributed by atoms with E-state index in [1.165, 1.54) is 22.7 Å². The lowest BCUT2D eigenvalue weighted by Gasteiger charge is -2.02. The molecule has 8 heteroatoms. The van der Waals surface area contributed by atoms with Crippen LogP contribution >= 0.6 is 22.7 Å². The number of nitrogens with one attached hydrogen (secondary N) is 1. The maximum atomic E-state index is 12.5. The zero-order valence-corrected chi connectivity index (χ0v) is 15.4. The summed E-state index contributed by atoms with van der Waals surface area (Å²) in [4.78, 5) is 23.3. The van der Waals surface area contributed by atoms with Gasteiger partial charge < -0.3 is 5.73 Å². The van der Waals surface area contributed by atoms with Crippen molar-refractivity contribution in [3.05, 3.63) is 38.3 Å². The van der Waals surface area contributed by atoms with Crippen LogP contribution in [-0.4, -0.2) is 21.6 Å². The van der Waals surface area contributed by atoms with E-state index in [4.69, 9.17) is 5.73 Å². The minimum absolute atomic E-state index is 0.325. The molecule has 0 aliphatic rings. The lowest BCUT2D eigenvalue weighted by Crippen LogP contribution is -2.19. The molecular weight excluding hydrogens is 342 g/mol. The van der Waals surface area contributed by atoms with Crippen molar-refractivity contribution < 1.29 is 4.79 Å². The van der Waals surface area contributed by atoms with Crippen LogP contribution < -0.4 is 11.2 Å². The van der Waals surface area contributed by atoms with Crippen LogP contribution in [0.25, 0.3) is 10.2 Å². The van der Waals surface area contributed by atoms with Gasteiger partial charge in [0, 0.05) is 11.1 Å². The van der Waals surface area contributed by atoms with Gasteiger partial charge in [-0.2, -0.15) is 5.10 Å². The average molecular weight is 359 g/mol. The highest BCUT2D eigenvalue weighted by molar-refractivity contribution is 7.21. The molecule has 3 aromatic rings. The van der Waals surface area contributed by atoms with E-state index in [2.05, 4.69) is 20.5 Å². The zero-order chi connectivity index (χ0) is 17.4. The number of carbonyl (C=O) groups excluding carboxylic acids is 1. The third-order valence-corrected chi connectivity index (χ3v) is 5.77. The molecule has 0 unspecified atom stereocenters. The average Bonchev–Trinajstić information content (AvgIpc) is 3.08. The molecular formula is C16H17N5OS2. The van der Waals surface area contributed by atoms with Gasteiger partial charge in [-0.3, -0.25) is 4.79 Å². The van der Waals surface area contributed by atoms with Crippen LogP contribution in [0.5, 0.6) is 0 Å². The van der Waals surface area contributed by atoms with Crippen LogP contribution in [0.4, 0.5) is 5.69 Å². The lowest BCUT2D eigenvalue weighted by atomic mass is 10.1. The summed E-state index contributed by atoms with van der Waals surface area (Å²) in [5.74, 6) is -0.325. The van der Waals surface area contributed by atoms with E-state index < -0.39 is 0 Å². The van der Waals surface area contributed by atoms with Gasteiger partial charge in [0.2, 0.25) is 0 Å². The number of hydrazone groups is 1. The molecule has 24 heavy (non-hydrogen) atoms. The van der Waals surface area contributed by atoms with Crippen LogP contribution in [0.15, 0.2) is 16.7 Å². The van der Waals surface area contributed by atoms with E-state index in [1.54, 1.807) is 5.51 Å². The number of rotatable bonds is 3. The Bertz CT molecular complexity index is 970.